The van der Waals surface area contributed by atoms with Crippen LogP contribution in [0.3, 0.4) is 0 Å². The van der Waals surface area contributed by atoms with Gasteiger partial charge in [0.15, 0.2) is 5.15 Å². The minimum absolute atomic E-state index is 0.284. The van der Waals surface area contributed by atoms with Gasteiger partial charge in [-0.2, -0.15) is 5.10 Å². The highest BCUT2D eigenvalue weighted by atomic mass is 35.5. The van der Waals surface area contributed by atoms with E-state index in [9.17, 15) is 0 Å². The molecule has 0 N–H and O–H groups in total. The molecule has 0 radical (unpaired) electrons. The standard InChI is InChI=1S/C11H13ClN2O/c1-7(2)14-8-5-4-6-9(15-3)10(8)11(12)13-14/h4-7H,1-3H3. The van der Waals surface area contributed by atoms with Gasteiger partial charge in [-0.1, -0.05) is 17.7 Å². The molecule has 3 nitrogen and oxygen atoms in total. The van der Waals surface area contributed by atoms with E-state index in [2.05, 4.69) is 18.9 Å². The zero-order valence-electron chi connectivity index (χ0n) is 8.99. The van der Waals surface area contributed by atoms with Crippen LogP contribution in [0.4, 0.5) is 0 Å². The molecule has 0 aliphatic heterocycles. The Morgan fingerprint density at radius 2 is 2.13 bits per heavy atom. The Bertz CT molecular complexity index is 491. The van der Waals surface area contributed by atoms with Crippen LogP contribution in [0.5, 0.6) is 5.75 Å². The zero-order valence-corrected chi connectivity index (χ0v) is 9.75. The summed E-state index contributed by atoms with van der Waals surface area (Å²) < 4.78 is 7.17. The molecule has 15 heavy (non-hydrogen) atoms. The van der Waals surface area contributed by atoms with Gasteiger partial charge in [-0.25, -0.2) is 0 Å². The fourth-order valence-electron chi connectivity index (χ4n) is 1.68. The lowest BCUT2D eigenvalue weighted by Gasteiger charge is -2.07. The van der Waals surface area contributed by atoms with E-state index in [1.807, 2.05) is 22.9 Å². The Morgan fingerprint density at radius 3 is 2.73 bits per heavy atom. The van der Waals surface area contributed by atoms with Gasteiger partial charge in [0.2, 0.25) is 0 Å². The molecule has 0 aliphatic carbocycles. The van der Waals surface area contributed by atoms with Gasteiger partial charge in [-0.15, -0.1) is 0 Å². The Labute approximate surface area is 93.6 Å². The maximum atomic E-state index is 6.09. The van der Waals surface area contributed by atoms with Crippen LogP contribution in [0.2, 0.25) is 5.15 Å². The predicted molar refractivity (Wildman–Crippen MR) is 61.7 cm³/mol. The third kappa shape index (κ3) is 1.57. The molecular formula is C11H13ClN2O. The summed E-state index contributed by atoms with van der Waals surface area (Å²) in [5, 5.41) is 5.68. The number of ether oxygens (including phenoxy) is 1. The second-order valence-electron chi connectivity index (χ2n) is 3.68. The van der Waals surface area contributed by atoms with Crippen LogP contribution in [0.15, 0.2) is 18.2 Å². The van der Waals surface area contributed by atoms with Crippen molar-refractivity contribution >= 4 is 22.5 Å². The van der Waals surface area contributed by atoms with Gasteiger partial charge in [-0.3, -0.25) is 4.68 Å². The molecule has 4 heteroatoms. The van der Waals surface area contributed by atoms with E-state index in [0.717, 1.165) is 16.7 Å². The highest BCUT2D eigenvalue weighted by Gasteiger charge is 2.14. The average molecular weight is 225 g/mol. The van der Waals surface area contributed by atoms with Crippen molar-refractivity contribution in [2.45, 2.75) is 19.9 Å². The Kier molecular flexibility index (Phi) is 2.57. The summed E-state index contributed by atoms with van der Waals surface area (Å²) >= 11 is 6.09. The Balaban J connectivity index is 2.79. The van der Waals surface area contributed by atoms with Crippen molar-refractivity contribution in [2.75, 3.05) is 7.11 Å². The molecule has 80 valence electrons. The molecule has 0 unspecified atom stereocenters. The molecule has 0 bridgehead atoms. The second-order valence-corrected chi connectivity index (χ2v) is 4.04. The van der Waals surface area contributed by atoms with Crippen LogP contribution in [0.25, 0.3) is 10.9 Å². The molecule has 0 spiro atoms. The van der Waals surface area contributed by atoms with E-state index in [1.165, 1.54) is 0 Å². The highest BCUT2D eigenvalue weighted by Crippen LogP contribution is 2.32. The molecule has 0 fully saturated rings. The number of hydrogen-bond donors (Lipinski definition) is 0. The van der Waals surface area contributed by atoms with Crippen LogP contribution < -0.4 is 4.74 Å². The molecule has 2 aromatic rings. The monoisotopic (exact) mass is 224 g/mol. The van der Waals surface area contributed by atoms with E-state index in [4.69, 9.17) is 16.3 Å². The van der Waals surface area contributed by atoms with E-state index >= 15 is 0 Å². The van der Waals surface area contributed by atoms with Gasteiger partial charge in [0.1, 0.15) is 5.75 Å². The maximum absolute atomic E-state index is 6.09. The maximum Gasteiger partial charge on any atom is 0.162 e. The van der Waals surface area contributed by atoms with E-state index < -0.39 is 0 Å². The molecular weight excluding hydrogens is 212 g/mol. The summed E-state index contributed by atoms with van der Waals surface area (Å²) in [5.74, 6) is 0.768. The summed E-state index contributed by atoms with van der Waals surface area (Å²) in [7, 11) is 1.64. The number of halogens is 1. The van der Waals surface area contributed by atoms with Gasteiger partial charge in [-0.05, 0) is 26.0 Å². The zero-order chi connectivity index (χ0) is 11.0. The fraction of sp³-hybridized carbons (Fsp3) is 0.364. The first-order valence-electron chi connectivity index (χ1n) is 4.86. The van der Waals surface area contributed by atoms with Gasteiger partial charge in [0, 0.05) is 6.04 Å². The predicted octanol–water partition coefficient (Wildman–Crippen LogP) is 3.28. The van der Waals surface area contributed by atoms with Gasteiger partial charge in [0.05, 0.1) is 18.0 Å². The van der Waals surface area contributed by atoms with E-state index in [-0.39, 0.29) is 6.04 Å². The van der Waals surface area contributed by atoms with Crippen molar-refractivity contribution in [3.63, 3.8) is 0 Å². The largest absolute Gasteiger partial charge is 0.496 e. The van der Waals surface area contributed by atoms with Crippen molar-refractivity contribution < 1.29 is 4.74 Å². The van der Waals surface area contributed by atoms with Crippen molar-refractivity contribution in [1.29, 1.82) is 0 Å². The number of benzene rings is 1. The lowest BCUT2D eigenvalue weighted by atomic mass is 10.2. The summed E-state index contributed by atoms with van der Waals surface area (Å²) in [6, 6.07) is 6.11. The lowest BCUT2D eigenvalue weighted by Crippen LogP contribution is -2.01. The van der Waals surface area contributed by atoms with Gasteiger partial charge < -0.3 is 4.74 Å². The van der Waals surface area contributed by atoms with Gasteiger partial charge >= 0.3 is 0 Å². The molecule has 0 saturated carbocycles. The fourth-order valence-corrected chi connectivity index (χ4v) is 1.95. The number of methoxy groups -OCH3 is 1. The molecule has 1 aromatic heterocycles. The van der Waals surface area contributed by atoms with Crippen LogP contribution in [-0.2, 0) is 0 Å². The topological polar surface area (TPSA) is 27.1 Å². The van der Waals surface area contributed by atoms with E-state index in [1.54, 1.807) is 7.11 Å². The number of nitrogens with zero attached hydrogens (tertiary/aromatic N) is 2. The van der Waals surface area contributed by atoms with Crippen molar-refractivity contribution in [3.8, 4) is 5.75 Å². The number of rotatable bonds is 2. The number of aromatic nitrogens is 2. The van der Waals surface area contributed by atoms with Crippen LogP contribution in [0, 0.1) is 0 Å². The quantitative estimate of drug-likeness (QED) is 0.783. The molecule has 2 rings (SSSR count). The normalized spacial score (nSPS) is 11.3. The van der Waals surface area contributed by atoms with Crippen molar-refractivity contribution in [2.24, 2.45) is 0 Å². The average Bonchev–Trinajstić information content (AvgIpc) is 2.56. The smallest absolute Gasteiger partial charge is 0.162 e. The van der Waals surface area contributed by atoms with Crippen molar-refractivity contribution in [3.05, 3.63) is 23.4 Å². The van der Waals surface area contributed by atoms with Gasteiger partial charge in [0.25, 0.3) is 0 Å². The minimum atomic E-state index is 0.284. The molecule has 0 saturated heterocycles. The summed E-state index contributed by atoms with van der Waals surface area (Å²) in [4.78, 5) is 0. The molecule has 1 aromatic carbocycles. The lowest BCUT2D eigenvalue weighted by molar-refractivity contribution is 0.420. The molecule has 0 atom stereocenters. The Hall–Kier alpha value is -1.22. The third-order valence-electron chi connectivity index (χ3n) is 2.36. The SMILES string of the molecule is COc1cccc2c1c(Cl)nn2C(C)C. The summed E-state index contributed by atoms with van der Waals surface area (Å²) in [6.07, 6.45) is 0. The molecule has 0 aliphatic rings. The van der Waals surface area contributed by atoms with Crippen molar-refractivity contribution in [1.82, 2.24) is 9.78 Å². The Morgan fingerprint density at radius 1 is 1.40 bits per heavy atom. The number of hydrogen-bond acceptors (Lipinski definition) is 2. The first-order valence-corrected chi connectivity index (χ1v) is 5.23. The summed E-state index contributed by atoms with van der Waals surface area (Å²) in [6.45, 7) is 4.14. The van der Waals surface area contributed by atoms with Crippen LogP contribution in [-0.4, -0.2) is 16.9 Å². The second kappa shape index (κ2) is 3.74. The molecule has 0 amide bonds. The highest BCUT2D eigenvalue weighted by molar-refractivity contribution is 6.34. The van der Waals surface area contributed by atoms with Crippen LogP contribution >= 0.6 is 11.6 Å². The molecule has 1 heterocycles. The third-order valence-corrected chi connectivity index (χ3v) is 2.63. The summed E-state index contributed by atoms with van der Waals surface area (Å²) in [5.41, 5.74) is 1.01. The minimum Gasteiger partial charge on any atom is -0.496 e. The first kappa shape index (κ1) is 10.3. The number of fused-ring (bicyclic) bond motifs is 1. The van der Waals surface area contributed by atoms with E-state index in [0.29, 0.717) is 5.15 Å². The first-order chi connectivity index (χ1) is 7.15. The van der Waals surface area contributed by atoms with Crippen LogP contribution in [0.1, 0.15) is 19.9 Å².